The van der Waals surface area contributed by atoms with Crippen molar-refractivity contribution in [3.8, 4) is 0 Å². The van der Waals surface area contributed by atoms with E-state index in [1.165, 1.54) is 43.8 Å². The minimum absolute atomic E-state index is 1.01. The summed E-state index contributed by atoms with van der Waals surface area (Å²) in [4.78, 5) is 0. The largest absolute Gasteiger partial charge is 0.0805 e. The number of allylic oxidation sites excluding steroid dienone is 8. The summed E-state index contributed by atoms with van der Waals surface area (Å²) in [6, 6.07) is 17.9. The van der Waals surface area contributed by atoms with Gasteiger partial charge in [0.2, 0.25) is 0 Å². The summed E-state index contributed by atoms with van der Waals surface area (Å²) in [6.45, 7) is 0. The lowest BCUT2D eigenvalue weighted by Gasteiger charge is -2.17. The van der Waals surface area contributed by atoms with Crippen LogP contribution in [0.3, 0.4) is 0 Å². The summed E-state index contributed by atoms with van der Waals surface area (Å²) in [5, 5.41) is 5.63. The van der Waals surface area contributed by atoms with E-state index in [1.807, 2.05) is 0 Å². The Morgan fingerprint density at radius 3 is 1.23 bits per heavy atom. The van der Waals surface area contributed by atoms with E-state index in [0.717, 1.165) is 25.7 Å². The molecule has 0 radical (unpaired) electrons. The van der Waals surface area contributed by atoms with Gasteiger partial charge in [-0.2, -0.15) is 0 Å². The van der Waals surface area contributed by atoms with Crippen LogP contribution >= 0.6 is 0 Å². The van der Waals surface area contributed by atoms with E-state index in [-0.39, 0.29) is 0 Å². The highest BCUT2D eigenvalue weighted by molar-refractivity contribution is 6.06. The van der Waals surface area contributed by atoms with Crippen molar-refractivity contribution in [1.29, 1.82) is 0 Å². The minimum atomic E-state index is 1.01. The highest BCUT2D eigenvalue weighted by atomic mass is 14.2. The van der Waals surface area contributed by atoms with Crippen LogP contribution in [-0.4, -0.2) is 0 Å². The predicted molar refractivity (Wildman–Crippen MR) is 113 cm³/mol. The molecule has 0 bridgehead atoms. The average molecular weight is 334 g/mol. The molecule has 0 fully saturated rings. The van der Waals surface area contributed by atoms with Crippen LogP contribution in [0.25, 0.3) is 21.5 Å². The van der Waals surface area contributed by atoms with E-state index >= 15 is 0 Å². The molecular weight excluding hydrogens is 312 g/mol. The Labute approximate surface area is 154 Å². The van der Waals surface area contributed by atoms with E-state index in [0.29, 0.717) is 0 Å². The van der Waals surface area contributed by atoms with Crippen molar-refractivity contribution in [2.75, 3.05) is 0 Å². The lowest BCUT2D eigenvalue weighted by Crippen LogP contribution is -1.98. The van der Waals surface area contributed by atoms with Gasteiger partial charge in [0.1, 0.15) is 0 Å². The highest BCUT2D eigenvalue weighted by Gasteiger charge is 2.15. The summed E-state index contributed by atoms with van der Waals surface area (Å²) >= 11 is 0. The smallest absolute Gasteiger partial charge is 0.00166 e. The topological polar surface area (TPSA) is 0 Å². The third-order valence-corrected chi connectivity index (χ3v) is 5.61. The van der Waals surface area contributed by atoms with Crippen molar-refractivity contribution in [1.82, 2.24) is 0 Å². The van der Waals surface area contributed by atoms with Gasteiger partial charge in [-0.05, 0) is 69.5 Å². The van der Waals surface area contributed by atoms with Crippen molar-refractivity contribution in [3.05, 3.63) is 107 Å². The van der Waals surface area contributed by atoms with Gasteiger partial charge >= 0.3 is 0 Å². The Bertz CT molecular complexity index is 972. The van der Waals surface area contributed by atoms with E-state index < -0.39 is 0 Å². The Morgan fingerprint density at radius 2 is 0.923 bits per heavy atom. The number of fused-ring (bicyclic) bond motifs is 2. The quantitative estimate of drug-likeness (QED) is 0.458. The van der Waals surface area contributed by atoms with Crippen LogP contribution in [0.15, 0.2) is 96.1 Å². The summed E-state index contributed by atoms with van der Waals surface area (Å²) in [5.41, 5.74) is 5.81. The molecule has 26 heavy (non-hydrogen) atoms. The fourth-order valence-electron chi connectivity index (χ4n) is 4.37. The second-order valence-electron chi connectivity index (χ2n) is 7.24. The first-order chi connectivity index (χ1) is 12.9. The van der Waals surface area contributed by atoms with Gasteiger partial charge < -0.3 is 0 Å². The van der Waals surface area contributed by atoms with Crippen molar-refractivity contribution >= 4 is 21.5 Å². The molecule has 0 unspecified atom stereocenters. The van der Waals surface area contributed by atoms with Crippen LogP contribution < -0.4 is 0 Å². The molecule has 0 spiro atoms. The van der Waals surface area contributed by atoms with Crippen molar-refractivity contribution in [3.63, 3.8) is 0 Å². The Morgan fingerprint density at radius 1 is 0.538 bits per heavy atom. The second-order valence-corrected chi connectivity index (χ2v) is 7.24. The summed E-state index contributed by atoms with van der Waals surface area (Å²) in [7, 11) is 0. The Kier molecular flexibility index (Phi) is 3.83. The third kappa shape index (κ3) is 2.63. The van der Waals surface area contributed by atoms with Gasteiger partial charge in [-0.1, -0.05) is 85.0 Å². The molecule has 0 heteroatoms. The third-order valence-electron chi connectivity index (χ3n) is 5.61. The van der Waals surface area contributed by atoms with Crippen LogP contribution in [0.1, 0.15) is 24.0 Å². The summed E-state index contributed by atoms with van der Waals surface area (Å²) in [5.74, 6) is 0. The lowest BCUT2D eigenvalue weighted by molar-refractivity contribution is 1.21. The molecule has 5 rings (SSSR count). The molecule has 2 aliphatic carbocycles. The van der Waals surface area contributed by atoms with E-state index in [2.05, 4.69) is 85.0 Å². The fraction of sp³-hybridized carbons (Fsp3) is 0.154. The fourth-order valence-corrected chi connectivity index (χ4v) is 4.37. The summed E-state index contributed by atoms with van der Waals surface area (Å²) < 4.78 is 0. The van der Waals surface area contributed by atoms with Gasteiger partial charge in [-0.3, -0.25) is 0 Å². The maximum atomic E-state index is 2.35. The van der Waals surface area contributed by atoms with Crippen molar-refractivity contribution in [2.24, 2.45) is 0 Å². The molecule has 3 aromatic rings. The lowest BCUT2D eigenvalue weighted by atomic mass is 9.87. The molecule has 126 valence electrons. The Hall–Kier alpha value is -2.86. The first-order valence-corrected chi connectivity index (χ1v) is 9.52. The number of hydrogen-bond acceptors (Lipinski definition) is 0. The minimum Gasteiger partial charge on any atom is -0.0805 e. The molecule has 0 saturated carbocycles. The molecule has 0 N–H and O–H groups in total. The van der Waals surface area contributed by atoms with Gasteiger partial charge in [-0.15, -0.1) is 0 Å². The van der Waals surface area contributed by atoms with Crippen LogP contribution in [0.5, 0.6) is 0 Å². The number of rotatable bonds is 4. The molecule has 0 amide bonds. The maximum Gasteiger partial charge on any atom is -0.00166 e. The van der Waals surface area contributed by atoms with Crippen LogP contribution in [-0.2, 0) is 12.8 Å². The van der Waals surface area contributed by atoms with Gasteiger partial charge in [0, 0.05) is 0 Å². The highest BCUT2D eigenvalue weighted by Crippen LogP contribution is 2.36. The number of benzene rings is 3. The van der Waals surface area contributed by atoms with Crippen molar-refractivity contribution in [2.45, 2.75) is 25.7 Å². The molecule has 0 atom stereocenters. The molecule has 0 saturated heterocycles. The monoisotopic (exact) mass is 334 g/mol. The first kappa shape index (κ1) is 15.4. The molecule has 2 aliphatic rings. The van der Waals surface area contributed by atoms with Gasteiger partial charge in [-0.25, -0.2) is 0 Å². The molecule has 3 aromatic carbocycles. The SMILES string of the molecule is C1=CC(Cc2c3ccccc3c(CC3=CCC=C3)c3ccccc23)=CC1. The number of hydrogen-bond donors (Lipinski definition) is 0. The van der Waals surface area contributed by atoms with Gasteiger partial charge in [0.25, 0.3) is 0 Å². The molecule has 0 aliphatic heterocycles. The maximum absolute atomic E-state index is 2.35. The molecular formula is C26H22. The molecule has 0 aromatic heterocycles. The van der Waals surface area contributed by atoms with Crippen LogP contribution in [0, 0.1) is 0 Å². The summed E-state index contributed by atoms with van der Waals surface area (Å²) in [6.07, 6.45) is 18.0. The predicted octanol–water partition coefficient (Wildman–Crippen LogP) is 6.85. The Balaban J connectivity index is 1.78. The first-order valence-electron chi connectivity index (χ1n) is 9.52. The van der Waals surface area contributed by atoms with Crippen molar-refractivity contribution < 1.29 is 0 Å². The van der Waals surface area contributed by atoms with Crippen LogP contribution in [0.2, 0.25) is 0 Å². The molecule has 0 nitrogen and oxygen atoms in total. The molecule has 0 heterocycles. The van der Waals surface area contributed by atoms with Crippen LogP contribution in [0.4, 0.5) is 0 Å². The standard InChI is InChI=1S/C26H22/c1-2-10-19(9-1)17-25-21-13-5-7-15-23(21)26(18-20-11-3-4-12-20)24-16-8-6-14-22(24)25/h1,3,5-16H,2,4,17-18H2. The zero-order valence-corrected chi connectivity index (χ0v) is 14.9. The second kappa shape index (κ2) is 6.46. The zero-order valence-electron chi connectivity index (χ0n) is 14.9. The van der Waals surface area contributed by atoms with Gasteiger partial charge in [0.15, 0.2) is 0 Å². The van der Waals surface area contributed by atoms with Gasteiger partial charge in [0.05, 0.1) is 0 Å². The zero-order chi connectivity index (χ0) is 17.3. The normalized spacial score (nSPS) is 15.8. The van der Waals surface area contributed by atoms with E-state index in [4.69, 9.17) is 0 Å². The van der Waals surface area contributed by atoms with E-state index in [9.17, 15) is 0 Å². The average Bonchev–Trinajstić information content (AvgIpc) is 3.38. The van der Waals surface area contributed by atoms with E-state index in [1.54, 1.807) is 0 Å².